The second kappa shape index (κ2) is 12.2. The van der Waals surface area contributed by atoms with E-state index in [1.165, 1.54) is 64.2 Å². The van der Waals surface area contributed by atoms with E-state index >= 15 is 0 Å². The highest BCUT2D eigenvalue weighted by molar-refractivity contribution is 5.76. The second-order valence-corrected chi connectivity index (χ2v) is 5.85. The van der Waals surface area contributed by atoms with Gasteiger partial charge < -0.3 is 9.47 Å². The van der Waals surface area contributed by atoms with Gasteiger partial charge in [0.05, 0.1) is 6.61 Å². The summed E-state index contributed by atoms with van der Waals surface area (Å²) in [5.74, 6) is -0.173. The Labute approximate surface area is 124 Å². The smallest absolute Gasteiger partial charge is 0.335 e. The van der Waals surface area contributed by atoms with Gasteiger partial charge in [-0.3, -0.25) is 0 Å². The number of hydrogen-bond donors (Lipinski definition) is 0. The largest absolute Gasteiger partial charge is 0.464 e. The van der Waals surface area contributed by atoms with Crippen molar-refractivity contribution in [3.05, 3.63) is 0 Å². The maximum atomic E-state index is 11.2. The van der Waals surface area contributed by atoms with E-state index in [0.717, 1.165) is 12.8 Å². The highest BCUT2D eigenvalue weighted by Gasteiger charge is 2.26. The molecular weight excluding hydrogens is 252 g/mol. The lowest BCUT2D eigenvalue weighted by molar-refractivity contribution is -0.147. The number of esters is 1. The molecule has 1 fully saturated rings. The molecule has 1 atom stereocenters. The molecule has 0 amide bonds. The molecule has 0 aromatic carbocycles. The molecule has 1 heterocycles. The molecule has 1 saturated heterocycles. The summed E-state index contributed by atoms with van der Waals surface area (Å²) in [5, 5.41) is 0. The molecule has 0 N–H and O–H groups in total. The summed E-state index contributed by atoms with van der Waals surface area (Å²) < 4.78 is 10.4. The molecular formula is C17H32O3. The molecule has 0 aliphatic carbocycles. The number of carbonyl (C=O) groups is 1. The molecule has 1 aliphatic rings. The van der Waals surface area contributed by atoms with Crippen LogP contribution >= 0.6 is 0 Å². The first-order chi connectivity index (χ1) is 9.84. The van der Waals surface area contributed by atoms with E-state index in [2.05, 4.69) is 6.92 Å². The number of rotatable bonds is 13. The van der Waals surface area contributed by atoms with Crippen LogP contribution < -0.4 is 0 Å². The average molecular weight is 284 g/mol. The minimum Gasteiger partial charge on any atom is -0.464 e. The number of ether oxygens (including phenoxy) is 2. The van der Waals surface area contributed by atoms with Crippen molar-refractivity contribution < 1.29 is 14.3 Å². The fourth-order valence-electron chi connectivity index (χ4n) is 2.62. The van der Waals surface area contributed by atoms with Gasteiger partial charge in [0.2, 0.25) is 0 Å². The van der Waals surface area contributed by atoms with Crippen molar-refractivity contribution in [2.24, 2.45) is 0 Å². The lowest BCUT2D eigenvalue weighted by Gasteiger charge is -2.07. The zero-order valence-electron chi connectivity index (χ0n) is 13.2. The molecule has 0 radical (unpaired) electrons. The number of unbranched alkanes of at least 4 members (excludes halogenated alkanes) is 10. The summed E-state index contributed by atoms with van der Waals surface area (Å²) in [7, 11) is 0. The highest BCUT2D eigenvalue weighted by Crippen LogP contribution is 2.13. The third kappa shape index (κ3) is 8.57. The Morgan fingerprint density at radius 2 is 1.50 bits per heavy atom. The van der Waals surface area contributed by atoms with Crippen LogP contribution in [0.5, 0.6) is 0 Å². The molecule has 1 unspecified atom stereocenters. The van der Waals surface area contributed by atoms with Crippen LogP contribution in [0.2, 0.25) is 0 Å². The van der Waals surface area contributed by atoms with Crippen LogP contribution in [0.25, 0.3) is 0 Å². The lowest BCUT2D eigenvalue weighted by atomic mass is 10.1. The Hall–Kier alpha value is -0.570. The van der Waals surface area contributed by atoms with Crippen LogP contribution in [0.4, 0.5) is 0 Å². The second-order valence-electron chi connectivity index (χ2n) is 5.85. The zero-order chi connectivity index (χ0) is 14.5. The number of hydrogen-bond acceptors (Lipinski definition) is 3. The average Bonchev–Trinajstić information content (AvgIpc) is 2.85. The van der Waals surface area contributed by atoms with E-state index in [1.807, 2.05) is 0 Å². The van der Waals surface area contributed by atoms with Gasteiger partial charge in [0.1, 0.15) is 0 Å². The van der Waals surface area contributed by atoms with Gasteiger partial charge in [-0.15, -0.1) is 0 Å². The van der Waals surface area contributed by atoms with Crippen LogP contribution in [-0.2, 0) is 14.3 Å². The fourth-order valence-corrected chi connectivity index (χ4v) is 2.62. The molecule has 0 aromatic rings. The summed E-state index contributed by atoms with van der Waals surface area (Å²) in [6, 6.07) is 0. The first-order valence-electron chi connectivity index (χ1n) is 8.63. The monoisotopic (exact) mass is 284 g/mol. The first-order valence-corrected chi connectivity index (χ1v) is 8.63. The number of cyclic esters (lactones) is 1. The third-order valence-corrected chi connectivity index (χ3v) is 3.95. The van der Waals surface area contributed by atoms with E-state index in [9.17, 15) is 4.79 Å². The van der Waals surface area contributed by atoms with Crippen LogP contribution in [0.3, 0.4) is 0 Å². The van der Waals surface area contributed by atoms with Crippen molar-refractivity contribution in [2.45, 2.75) is 90.1 Å². The fraction of sp³-hybridized carbons (Fsp3) is 0.941. The van der Waals surface area contributed by atoms with Crippen LogP contribution in [0.15, 0.2) is 0 Å². The molecule has 0 bridgehead atoms. The van der Waals surface area contributed by atoms with E-state index in [-0.39, 0.29) is 12.1 Å². The zero-order valence-corrected chi connectivity index (χ0v) is 13.2. The molecule has 20 heavy (non-hydrogen) atoms. The van der Waals surface area contributed by atoms with Gasteiger partial charge in [0, 0.05) is 13.0 Å². The van der Waals surface area contributed by atoms with E-state index in [0.29, 0.717) is 13.2 Å². The van der Waals surface area contributed by atoms with Crippen LogP contribution in [0.1, 0.15) is 84.0 Å². The number of carbonyl (C=O) groups excluding carboxylic acids is 1. The summed E-state index contributed by atoms with van der Waals surface area (Å²) in [4.78, 5) is 11.2. The third-order valence-electron chi connectivity index (χ3n) is 3.95. The Bertz CT molecular complexity index is 240. The van der Waals surface area contributed by atoms with E-state index in [4.69, 9.17) is 9.47 Å². The minimum atomic E-state index is -0.280. The Morgan fingerprint density at radius 1 is 0.950 bits per heavy atom. The topological polar surface area (TPSA) is 35.5 Å². The van der Waals surface area contributed by atoms with Crippen molar-refractivity contribution >= 4 is 5.97 Å². The van der Waals surface area contributed by atoms with Crippen LogP contribution in [0, 0.1) is 0 Å². The van der Waals surface area contributed by atoms with Crippen LogP contribution in [-0.4, -0.2) is 25.3 Å². The molecule has 0 spiro atoms. The molecule has 0 aromatic heterocycles. The molecule has 3 nitrogen and oxygen atoms in total. The van der Waals surface area contributed by atoms with Crippen molar-refractivity contribution in [1.82, 2.24) is 0 Å². The highest BCUT2D eigenvalue weighted by atomic mass is 16.6. The Kier molecular flexibility index (Phi) is 10.7. The van der Waals surface area contributed by atoms with Crippen molar-refractivity contribution in [2.75, 3.05) is 13.2 Å². The molecule has 3 heteroatoms. The Balaban J connectivity index is 1.73. The maximum absolute atomic E-state index is 11.2. The predicted molar refractivity (Wildman–Crippen MR) is 81.8 cm³/mol. The van der Waals surface area contributed by atoms with Gasteiger partial charge in [-0.25, -0.2) is 4.79 Å². The van der Waals surface area contributed by atoms with Gasteiger partial charge >= 0.3 is 5.97 Å². The normalized spacial score (nSPS) is 18.4. The summed E-state index contributed by atoms with van der Waals surface area (Å²) in [6.45, 7) is 3.50. The molecule has 0 saturated carbocycles. The Morgan fingerprint density at radius 3 is 2.00 bits per heavy atom. The van der Waals surface area contributed by atoms with Gasteiger partial charge in [0.15, 0.2) is 6.10 Å². The lowest BCUT2D eigenvalue weighted by Crippen LogP contribution is -2.18. The first kappa shape index (κ1) is 17.5. The maximum Gasteiger partial charge on any atom is 0.335 e. The predicted octanol–water partition coefficient (Wildman–Crippen LogP) is 4.63. The van der Waals surface area contributed by atoms with Gasteiger partial charge in [0.25, 0.3) is 0 Å². The minimum absolute atomic E-state index is 0.173. The van der Waals surface area contributed by atoms with Gasteiger partial charge in [-0.05, 0) is 6.42 Å². The van der Waals surface area contributed by atoms with Gasteiger partial charge in [-0.2, -0.15) is 0 Å². The molecule has 1 rings (SSSR count). The van der Waals surface area contributed by atoms with Crippen molar-refractivity contribution in [3.8, 4) is 0 Å². The van der Waals surface area contributed by atoms with Gasteiger partial charge in [-0.1, -0.05) is 71.1 Å². The van der Waals surface area contributed by atoms with E-state index in [1.54, 1.807) is 0 Å². The summed E-state index contributed by atoms with van der Waals surface area (Å²) in [5.41, 5.74) is 0. The van der Waals surface area contributed by atoms with Crippen molar-refractivity contribution in [3.63, 3.8) is 0 Å². The quantitative estimate of drug-likeness (QED) is 0.365. The molecule has 118 valence electrons. The van der Waals surface area contributed by atoms with Crippen molar-refractivity contribution in [1.29, 1.82) is 0 Å². The summed E-state index contributed by atoms with van der Waals surface area (Å²) >= 11 is 0. The summed E-state index contributed by atoms with van der Waals surface area (Å²) in [6.07, 6.45) is 15.1. The SMILES string of the molecule is CCCCCCCCCCCCCOC1CCOC1=O. The standard InChI is InChI=1S/C17H32O3/c1-2-3-4-5-6-7-8-9-10-11-12-14-19-16-13-15-20-17(16)18/h16H,2-15H2,1H3. The molecule has 1 aliphatic heterocycles. The van der Waals surface area contributed by atoms with E-state index < -0.39 is 0 Å².